The molecule has 0 aliphatic heterocycles. The molecule has 0 spiro atoms. The van der Waals surface area contributed by atoms with Gasteiger partial charge in [-0.1, -0.05) is 6.08 Å². The molecule has 2 nitrogen and oxygen atoms in total. The normalized spacial score (nSPS) is 12.8. The first kappa shape index (κ1) is 9.42. The van der Waals surface area contributed by atoms with Crippen molar-refractivity contribution < 1.29 is 5.11 Å². The van der Waals surface area contributed by atoms with Crippen molar-refractivity contribution in [1.29, 1.82) is 0 Å². The maximum absolute atomic E-state index is 9.41. The zero-order valence-corrected chi connectivity index (χ0v) is 7.97. The van der Waals surface area contributed by atoms with Gasteiger partial charge in [0.05, 0.1) is 11.1 Å². The molecule has 66 valence electrons. The Morgan fingerprint density at radius 1 is 1.83 bits per heavy atom. The van der Waals surface area contributed by atoms with E-state index in [1.807, 2.05) is 12.3 Å². The topological polar surface area (TPSA) is 33.1 Å². The zero-order valence-electron chi connectivity index (χ0n) is 7.16. The predicted molar refractivity (Wildman–Crippen MR) is 51.4 cm³/mol. The van der Waals surface area contributed by atoms with E-state index in [4.69, 9.17) is 0 Å². The molecule has 12 heavy (non-hydrogen) atoms. The van der Waals surface area contributed by atoms with E-state index in [1.165, 1.54) is 0 Å². The van der Waals surface area contributed by atoms with Crippen molar-refractivity contribution in [2.75, 3.05) is 0 Å². The van der Waals surface area contributed by atoms with Crippen LogP contribution in [0.15, 0.2) is 18.0 Å². The molecular formula is C9H13NOS. The lowest BCUT2D eigenvalue weighted by Crippen LogP contribution is -2.08. The lowest BCUT2D eigenvalue weighted by atomic mass is 10.2. The molecule has 0 bridgehead atoms. The van der Waals surface area contributed by atoms with Crippen molar-refractivity contribution in [2.45, 2.75) is 25.9 Å². The van der Waals surface area contributed by atoms with E-state index >= 15 is 0 Å². The maximum Gasteiger partial charge on any atom is 0.0954 e. The van der Waals surface area contributed by atoms with Crippen LogP contribution in [-0.4, -0.2) is 16.2 Å². The standard InChI is InChI=1S/C9H13NOS/c1-3-4-8(11)5-9-10-7(2)6-12-9/h3,6,8,11H,1,4-5H2,2H3. The van der Waals surface area contributed by atoms with Gasteiger partial charge in [0.15, 0.2) is 0 Å². The highest BCUT2D eigenvalue weighted by molar-refractivity contribution is 7.09. The molecule has 1 aromatic rings. The molecule has 0 aliphatic rings. The van der Waals surface area contributed by atoms with E-state index in [1.54, 1.807) is 17.4 Å². The number of aryl methyl sites for hydroxylation is 1. The molecule has 3 heteroatoms. The third kappa shape index (κ3) is 2.75. The smallest absolute Gasteiger partial charge is 0.0954 e. The minimum Gasteiger partial charge on any atom is -0.392 e. The van der Waals surface area contributed by atoms with Crippen molar-refractivity contribution >= 4 is 11.3 Å². The first-order valence-corrected chi connectivity index (χ1v) is 4.80. The van der Waals surface area contributed by atoms with Crippen molar-refractivity contribution in [1.82, 2.24) is 4.98 Å². The molecular weight excluding hydrogens is 170 g/mol. The Morgan fingerprint density at radius 3 is 3.08 bits per heavy atom. The zero-order chi connectivity index (χ0) is 8.97. The lowest BCUT2D eigenvalue weighted by molar-refractivity contribution is 0.178. The summed E-state index contributed by atoms with van der Waals surface area (Å²) in [6.07, 6.45) is 2.68. The molecule has 0 radical (unpaired) electrons. The summed E-state index contributed by atoms with van der Waals surface area (Å²) in [5, 5.41) is 12.4. The quantitative estimate of drug-likeness (QED) is 0.723. The van der Waals surface area contributed by atoms with Crippen LogP contribution in [0.3, 0.4) is 0 Å². The number of hydrogen-bond donors (Lipinski definition) is 1. The summed E-state index contributed by atoms with van der Waals surface area (Å²) in [7, 11) is 0. The van der Waals surface area contributed by atoms with E-state index in [-0.39, 0.29) is 6.10 Å². The minimum atomic E-state index is -0.326. The molecule has 1 heterocycles. The molecule has 0 aromatic carbocycles. The van der Waals surface area contributed by atoms with Crippen LogP contribution in [0, 0.1) is 6.92 Å². The van der Waals surface area contributed by atoms with Crippen LogP contribution in [-0.2, 0) is 6.42 Å². The van der Waals surface area contributed by atoms with Crippen molar-refractivity contribution in [2.24, 2.45) is 0 Å². The number of thiazole rings is 1. The number of rotatable bonds is 4. The van der Waals surface area contributed by atoms with Crippen LogP contribution in [0.4, 0.5) is 0 Å². The summed E-state index contributed by atoms with van der Waals surface area (Å²) >= 11 is 1.60. The van der Waals surface area contributed by atoms with Gasteiger partial charge in [0, 0.05) is 17.5 Å². The minimum absolute atomic E-state index is 0.326. The molecule has 0 saturated carbocycles. The van der Waals surface area contributed by atoms with Crippen molar-refractivity contribution in [3.05, 3.63) is 28.7 Å². The molecule has 1 aromatic heterocycles. The number of aliphatic hydroxyl groups excluding tert-OH is 1. The highest BCUT2D eigenvalue weighted by Gasteiger charge is 2.05. The Balaban J connectivity index is 2.46. The number of hydrogen-bond acceptors (Lipinski definition) is 3. The Hall–Kier alpha value is -0.670. The maximum atomic E-state index is 9.41. The van der Waals surface area contributed by atoms with E-state index in [2.05, 4.69) is 11.6 Å². The second-order valence-electron chi connectivity index (χ2n) is 2.76. The van der Waals surface area contributed by atoms with Crippen LogP contribution in [0.2, 0.25) is 0 Å². The number of aliphatic hydroxyl groups is 1. The molecule has 1 N–H and O–H groups in total. The molecule has 0 amide bonds. The molecule has 0 fully saturated rings. The van der Waals surface area contributed by atoms with Gasteiger partial charge in [-0.15, -0.1) is 17.9 Å². The predicted octanol–water partition coefficient (Wildman–Crippen LogP) is 1.93. The van der Waals surface area contributed by atoms with Gasteiger partial charge >= 0.3 is 0 Å². The highest BCUT2D eigenvalue weighted by atomic mass is 32.1. The van der Waals surface area contributed by atoms with Crippen molar-refractivity contribution in [3.8, 4) is 0 Å². The third-order valence-corrected chi connectivity index (χ3v) is 2.50. The van der Waals surface area contributed by atoms with Gasteiger partial charge in [0.25, 0.3) is 0 Å². The Kier molecular flexibility index (Phi) is 3.44. The van der Waals surface area contributed by atoms with Gasteiger partial charge in [-0.3, -0.25) is 0 Å². The first-order valence-electron chi connectivity index (χ1n) is 3.92. The monoisotopic (exact) mass is 183 g/mol. The Labute approximate surface area is 76.6 Å². The molecule has 1 unspecified atom stereocenters. The van der Waals surface area contributed by atoms with Crippen LogP contribution >= 0.6 is 11.3 Å². The van der Waals surface area contributed by atoms with Crippen LogP contribution in [0.1, 0.15) is 17.1 Å². The van der Waals surface area contributed by atoms with Gasteiger partial charge in [0.1, 0.15) is 0 Å². The van der Waals surface area contributed by atoms with Crippen LogP contribution in [0.25, 0.3) is 0 Å². The lowest BCUT2D eigenvalue weighted by Gasteiger charge is -2.03. The van der Waals surface area contributed by atoms with E-state index < -0.39 is 0 Å². The van der Waals surface area contributed by atoms with Gasteiger partial charge in [0.2, 0.25) is 0 Å². The molecule has 1 rings (SSSR count). The summed E-state index contributed by atoms with van der Waals surface area (Å²) in [5.74, 6) is 0. The SMILES string of the molecule is C=CCC(O)Cc1nc(C)cs1. The largest absolute Gasteiger partial charge is 0.392 e. The average Bonchev–Trinajstić information content (AvgIpc) is 2.36. The van der Waals surface area contributed by atoms with Crippen LogP contribution in [0.5, 0.6) is 0 Å². The first-order chi connectivity index (χ1) is 5.72. The second-order valence-corrected chi connectivity index (χ2v) is 3.71. The number of aromatic nitrogens is 1. The van der Waals surface area contributed by atoms with Gasteiger partial charge < -0.3 is 5.11 Å². The number of nitrogens with zero attached hydrogens (tertiary/aromatic N) is 1. The Bertz CT molecular complexity index is 257. The van der Waals surface area contributed by atoms with Gasteiger partial charge in [-0.25, -0.2) is 4.98 Å². The van der Waals surface area contributed by atoms with Gasteiger partial charge in [-0.2, -0.15) is 0 Å². The summed E-state index contributed by atoms with van der Waals surface area (Å²) in [6.45, 7) is 5.53. The summed E-state index contributed by atoms with van der Waals surface area (Å²) in [4.78, 5) is 4.26. The fourth-order valence-corrected chi connectivity index (χ4v) is 1.82. The van der Waals surface area contributed by atoms with Gasteiger partial charge in [-0.05, 0) is 13.3 Å². The molecule has 0 aliphatic carbocycles. The third-order valence-electron chi connectivity index (χ3n) is 1.52. The molecule has 1 atom stereocenters. The fourth-order valence-electron chi connectivity index (χ4n) is 0.974. The van der Waals surface area contributed by atoms with Crippen LogP contribution < -0.4 is 0 Å². The Morgan fingerprint density at radius 2 is 2.58 bits per heavy atom. The summed E-state index contributed by atoms with van der Waals surface area (Å²) in [6, 6.07) is 0. The average molecular weight is 183 g/mol. The van der Waals surface area contributed by atoms with Crippen molar-refractivity contribution in [3.63, 3.8) is 0 Å². The van der Waals surface area contributed by atoms with E-state index in [0.717, 1.165) is 10.7 Å². The summed E-state index contributed by atoms with van der Waals surface area (Å²) < 4.78 is 0. The highest BCUT2D eigenvalue weighted by Crippen LogP contribution is 2.12. The van der Waals surface area contributed by atoms with E-state index in [9.17, 15) is 5.11 Å². The van der Waals surface area contributed by atoms with E-state index in [0.29, 0.717) is 12.8 Å². The second kappa shape index (κ2) is 4.38. The molecule has 0 saturated heterocycles. The summed E-state index contributed by atoms with van der Waals surface area (Å²) in [5.41, 5.74) is 1.03. The fraction of sp³-hybridized carbons (Fsp3) is 0.444.